The number of allylic oxidation sites excluding steroid dienone is 1. The zero-order valence-corrected chi connectivity index (χ0v) is 15.8. The number of rotatable bonds is 8. The predicted molar refractivity (Wildman–Crippen MR) is 106 cm³/mol. The van der Waals surface area contributed by atoms with Gasteiger partial charge in [0.25, 0.3) is 0 Å². The Balaban J connectivity index is 2.01. The molecule has 0 aliphatic rings. The van der Waals surface area contributed by atoms with Gasteiger partial charge in [-0.2, -0.15) is 13.2 Å². The second kappa shape index (κ2) is 9.57. The zero-order valence-electron chi connectivity index (χ0n) is 15.0. The molecule has 0 amide bonds. The molecular formula is C19H23F3N4S. The highest BCUT2D eigenvalue weighted by Crippen LogP contribution is 2.36. The number of hydrogen-bond acceptors (Lipinski definition) is 5. The number of hydrazine groups is 1. The molecule has 4 nitrogen and oxygen atoms in total. The molecule has 2 rings (SSSR count). The van der Waals surface area contributed by atoms with Gasteiger partial charge in [-0.05, 0) is 61.2 Å². The van der Waals surface area contributed by atoms with Crippen LogP contribution in [-0.2, 0) is 6.18 Å². The summed E-state index contributed by atoms with van der Waals surface area (Å²) in [5.74, 6) is 5.98. The molecule has 8 heteroatoms. The van der Waals surface area contributed by atoms with Crippen molar-refractivity contribution in [2.75, 3.05) is 9.73 Å². The third-order valence-corrected chi connectivity index (χ3v) is 4.60. The van der Waals surface area contributed by atoms with Gasteiger partial charge in [0.1, 0.15) is 0 Å². The highest BCUT2D eigenvalue weighted by atomic mass is 32.2. The number of anilines is 2. The zero-order chi connectivity index (χ0) is 19.9. The van der Waals surface area contributed by atoms with Crippen LogP contribution in [0.2, 0.25) is 0 Å². The van der Waals surface area contributed by atoms with Crippen LogP contribution in [0.3, 0.4) is 0 Å². The number of para-hydroxylation sites is 1. The quantitative estimate of drug-likeness (QED) is 0.313. The molecular weight excluding hydrogens is 373 g/mol. The van der Waals surface area contributed by atoms with E-state index in [0.29, 0.717) is 5.70 Å². The summed E-state index contributed by atoms with van der Waals surface area (Å²) >= 11 is 1.10. The van der Waals surface area contributed by atoms with Gasteiger partial charge in [-0.25, -0.2) is 5.84 Å². The molecule has 0 aliphatic carbocycles. The van der Waals surface area contributed by atoms with E-state index in [-0.39, 0.29) is 5.69 Å². The summed E-state index contributed by atoms with van der Waals surface area (Å²) in [6.07, 6.45) is 0.0979. The number of hydrogen-bond donors (Lipinski definition) is 3. The Hall–Kier alpha value is -2.32. The van der Waals surface area contributed by atoms with Crippen LogP contribution in [0, 0.1) is 0 Å². The van der Waals surface area contributed by atoms with E-state index >= 15 is 0 Å². The number of unbranched alkanes of at least 4 members (excludes halogenated alkanes) is 1. The Kier molecular flexibility index (Phi) is 7.44. The summed E-state index contributed by atoms with van der Waals surface area (Å²) in [4.78, 5) is 0.757. The number of nitrogens with two attached hydrogens (primary N) is 2. The fraction of sp³-hybridized carbons (Fsp3) is 0.263. The first-order valence-corrected chi connectivity index (χ1v) is 9.32. The van der Waals surface area contributed by atoms with E-state index in [4.69, 9.17) is 11.6 Å². The first-order chi connectivity index (χ1) is 12.8. The van der Waals surface area contributed by atoms with Gasteiger partial charge in [-0.1, -0.05) is 25.5 Å². The van der Waals surface area contributed by atoms with Crippen LogP contribution in [0.1, 0.15) is 31.7 Å². The van der Waals surface area contributed by atoms with E-state index in [1.54, 1.807) is 36.5 Å². The van der Waals surface area contributed by atoms with E-state index in [9.17, 15) is 13.2 Å². The molecule has 27 heavy (non-hydrogen) atoms. The van der Waals surface area contributed by atoms with E-state index in [1.807, 2.05) is 0 Å². The summed E-state index contributed by atoms with van der Waals surface area (Å²) < 4.78 is 41.8. The van der Waals surface area contributed by atoms with Gasteiger partial charge in [0.15, 0.2) is 0 Å². The summed E-state index contributed by atoms with van der Waals surface area (Å²) in [5.41, 5.74) is 6.67. The summed E-state index contributed by atoms with van der Waals surface area (Å²) in [7, 11) is 0. The molecule has 0 fully saturated rings. The molecule has 2 aromatic carbocycles. The molecule has 0 aliphatic heterocycles. The first-order valence-electron chi connectivity index (χ1n) is 8.50. The highest BCUT2D eigenvalue weighted by Gasteiger charge is 2.33. The summed E-state index contributed by atoms with van der Waals surface area (Å²) in [5, 5.41) is 1.44. The Morgan fingerprint density at radius 3 is 2.44 bits per heavy atom. The van der Waals surface area contributed by atoms with Crippen molar-refractivity contribution in [1.82, 2.24) is 0 Å². The molecule has 0 atom stereocenters. The van der Waals surface area contributed by atoms with Crippen LogP contribution >= 0.6 is 11.9 Å². The normalized spacial score (nSPS) is 12.1. The third-order valence-electron chi connectivity index (χ3n) is 3.77. The Morgan fingerprint density at radius 1 is 1.15 bits per heavy atom. The fourth-order valence-electron chi connectivity index (χ4n) is 2.32. The van der Waals surface area contributed by atoms with Gasteiger partial charge < -0.3 is 10.5 Å². The van der Waals surface area contributed by atoms with Crippen LogP contribution in [0.15, 0.2) is 65.3 Å². The average Bonchev–Trinajstić information content (AvgIpc) is 2.64. The predicted octanol–water partition coefficient (Wildman–Crippen LogP) is 5.50. The first kappa shape index (κ1) is 21.0. The van der Waals surface area contributed by atoms with Crippen LogP contribution in [-0.4, -0.2) is 0 Å². The Labute approximate surface area is 161 Å². The van der Waals surface area contributed by atoms with Crippen LogP contribution in [0.5, 0.6) is 0 Å². The molecule has 0 radical (unpaired) electrons. The maximum absolute atomic E-state index is 13.0. The molecule has 5 N–H and O–H groups in total. The molecule has 146 valence electrons. The minimum absolute atomic E-state index is 0.0196. The number of halogens is 3. The lowest BCUT2D eigenvalue weighted by Crippen LogP contribution is -2.25. The minimum Gasteiger partial charge on any atom is -0.401 e. The highest BCUT2D eigenvalue weighted by molar-refractivity contribution is 8.00. The van der Waals surface area contributed by atoms with Crippen molar-refractivity contribution in [2.24, 2.45) is 11.6 Å². The second-order valence-electron chi connectivity index (χ2n) is 5.96. The maximum atomic E-state index is 13.0. The maximum Gasteiger partial charge on any atom is 0.418 e. The van der Waals surface area contributed by atoms with Crippen molar-refractivity contribution in [3.8, 4) is 0 Å². The smallest absolute Gasteiger partial charge is 0.401 e. The minimum atomic E-state index is -4.40. The van der Waals surface area contributed by atoms with E-state index in [1.165, 1.54) is 17.1 Å². The van der Waals surface area contributed by atoms with Crippen molar-refractivity contribution in [1.29, 1.82) is 0 Å². The standard InChI is InChI=1S/C19H23F3N4S/c1-2-3-6-14(23)13-26(24)15-9-11-16(12-10-15)27-25-18-8-5-4-7-17(18)19(20,21)22/h4-5,7-13,25H,2-3,6,23-24H2,1H3/b14-13-. The van der Waals surface area contributed by atoms with E-state index in [2.05, 4.69) is 11.6 Å². The summed E-state index contributed by atoms with van der Waals surface area (Å²) in [6, 6.07) is 12.5. The van der Waals surface area contributed by atoms with Crippen LogP contribution in [0.4, 0.5) is 24.5 Å². The number of nitrogens with zero attached hydrogens (tertiary/aromatic N) is 1. The molecule has 0 bridgehead atoms. The van der Waals surface area contributed by atoms with Crippen LogP contribution in [0.25, 0.3) is 0 Å². The number of nitrogens with one attached hydrogen (secondary N) is 1. The molecule has 2 aromatic rings. The average molecular weight is 396 g/mol. The molecule has 0 spiro atoms. The molecule has 0 saturated heterocycles. The summed E-state index contributed by atoms with van der Waals surface area (Å²) in [6.45, 7) is 2.09. The molecule has 0 saturated carbocycles. The topological polar surface area (TPSA) is 67.3 Å². The number of benzene rings is 2. The molecule has 0 aromatic heterocycles. The SMILES string of the molecule is CCCC/C(N)=C/N(N)c1ccc(SNc2ccccc2C(F)(F)F)cc1. The molecule has 0 heterocycles. The van der Waals surface area contributed by atoms with Gasteiger partial charge in [0.2, 0.25) is 0 Å². The van der Waals surface area contributed by atoms with Crippen LogP contribution < -0.4 is 21.3 Å². The van der Waals surface area contributed by atoms with Crippen molar-refractivity contribution in [2.45, 2.75) is 37.3 Å². The van der Waals surface area contributed by atoms with Crippen molar-refractivity contribution >= 4 is 23.3 Å². The molecule has 0 unspecified atom stereocenters. The van der Waals surface area contributed by atoms with Gasteiger partial charge in [-0.15, -0.1) is 0 Å². The Morgan fingerprint density at radius 2 is 1.81 bits per heavy atom. The van der Waals surface area contributed by atoms with Crippen molar-refractivity contribution in [3.63, 3.8) is 0 Å². The number of alkyl halides is 3. The van der Waals surface area contributed by atoms with Gasteiger partial charge >= 0.3 is 6.18 Å². The van der Waals surface area contributed by atoms with Crippen molar-refractivity contribution < 1.29 is 13.2 Å². The van der Waals surface area contributed by atoms with E-state index < -0.39 is 11.7 Å². The second-order valence-corrected chi connectivity index (χ2v) is 6.84. The fourth-order valence-corrected chi connectivity index (χ4v) is 3.00. The monoisotopic (exact) mass is 396 g/mol. The van der Waals surface area contributed by atoms with Crippen molar-refractivity contribution in [3.05, 3.63) is 66.0 Å². The lowest BCUT2D eigenvalue weighted by Gasteiger charge is -2.16. The van der Waals surface area contributed by atoms with Gasteiger partial charge in [0, 0.05) is 16.8 Å². The van der Waals surface area contributed by atoms with E-state index in [0.717, 1.165) is 47.9 Å². The van der Waals surface area contributed by atoms with Gasteiger partial charge in [-0.3, -0.25) is 5.01 Å². The third kappa shape index (κ3) is 6.41. The van der Waals surface area contributed by atoms with Gasteiger partial charge in [0.05, 0.1) is 16.9 Å². The Bertz CT molecular complexity index is 760. The lowest BCUT2D eigenvalue weighted by atomic mass is 10.2. The largest absolute Gasteiger partial charge is 0.418 e. The lowest BCUT2D eigenvalue weighted by molar-refractivity contribution is -0.136.